The fourth-order valence-corrected chi connectivity index (χ4v) is 1.33. The number of benzene rings is 1. The molecule has 4 heteroatoms. The van der Waals surface area contributed by atoms with E-state index in [-0.39, 0.29) is 12.4 Å². The standard InChI is InChI=1S/C10H11ClO3/c1-13-9-4-7(3-8(11)6-9)5-10(12)14-2/h3-4,6H,5H2,1-2H3. The maximum absolute atomic E-state index is 11.0. The van der Waals surface area contributed by atoms with Gasteiger partial charge < -0.3 is 9.47 Å². The topological polar surface area (TPSA) is 35.5 Å². The molecule has 0 heterocycles. The molecule has 0 N–H and O–H groups in total. The Bertz CT molecular complexity index is 336. The van der Waals surface area contributed by atoms with E-state index in [4.69, 9.17) is 16.3 Å². The Balaban J connectivity index is 2.86. The second-order valence-corrected chi connectivity index (χ2v) is 3.19. The Labute approximate surface area is 87.6 Å². The van der Waals surface area contributed by atoms with E-state index in [1.165, 1.54) is 7.11 Å². The van der Waals surface area contributed by atoms with E-state index in [9.17, 15) is 4.79 Å². The van der Waals surface area contributed by atoms with Crippen molar-refractivity contribution in [3.05, 3.63) is 28.8 Å². The van der Waals surface area contributed by atoms with Gasteiger partial charge in [0, 0.05) is 5.02 Å². The average molecular weight is 215 g/mol. The van der Waals surface area contributed by atoms with Gasteiger partial charge in [0.2, 0.25) is 0 Å². The lowest BCUT2D eigenvalue weighted by Crippen LogP contribution is -2.04. The van der Waals surface area contributed by atoms with E-state index < -0.39 is 0 Å². The van der Waals surface area contributed by atoms with Crippen molar-refractivity contribution in [2.75, 3.05) is 14.2 Å². The number of ether oxygens (including phenoxy) is 2. The van der Waals surface area contributed by atoms with Crippen molar-refractivity contribution < 1.29 is 14.3 Å². The van der Waals surface area contributed by atoms with E-state index in [2.05, 4.69) is 4.74 Å². The van der Waals surface area contributed by atoms with Crippen molar-refractivity contribution in [3.63, 3.8) is 0 Å². The Morgan fingerprint density at radius 2 is 2.07 bits per heavy atom. The maximum atomic E-state index is 11.0. The van der Waals surface area contributed by atoms with Gasteiger partial charge in [-0.3, -0.25) is 4.79 Å². The van der Waals surface area contributed by atoms with Gasteiger partial charge in [0.1, 0.15) is 5.75 Å². The van der Waals surface area contributed by atoms with E-state index in [1.54, 1.807) is 25.3 Å². The fraction of sp³-hybridized carbons (Fsp3) is 0.300. The molecule has 1 aromatic rings. The summed E-state index contributed by atoms with van der Waals surface area (Å²) in [7, 11) is 2.90. The van der Waals surface area contributed by atoms with Crippen LogP contribution in [0, 0.1) is 0 Å². The predicted molar refractivity (Wildman–Crippen MR) is 53.7 cm³/mol. The highest BCUT2D eigenvalue weighted by Crippen LogP contribution is 2.21. The first-order valence-electron chi connectivity index (χ1n) is 4.06. The molecule has 0 aliphatic carbocycles. The van der Waals surface area contributed by atoms with Gasteiger partial charge in [-0.1, -0.05) is 11.6 Å². The first-order valence-corrected chi connectivity index (χ1v) is 4.43. The monoisotopic (exact) mass is 214 g/mol. The molecule has 0 aliphatic rings. The highest BCUT2D eigenvalue weighted by molar-refractivity contribution is 6.30. The molecule has 0 amide bonds. The van der Waals surface area contributed by atoms with Crippen molar-refractivity contribution in [1.82, 2.24) is 0 Å². The Kier molecular flexibility index (Phi) is 3.77. The van der Waals surface area contributed by atoms with Gasteiger partial charge in [0.05, 0.1) is 20.6 Å². The van der Waals surface area contributed by atoms with Crippen LogP contribution in [-0.4, -0.2) is 20.2 Å². The van der Waals surface area contributed by atoms with Crippen molar-refractivity contribution in [2.24, 2.45) is 0 Å². The summed E-state index contributed by atoms with van der Waals surface area (Å²) in [5, 5.41) is 0.545. The molecule has 0 bridgehead atoms. The van der Waals surface area contributed by atoms with Gasteiger partial charge in [-0.05, 0) is 23.8 Å². The number of methoxy groups -OCH3 is 2. The van der Waals surface area contributed by atoms with Gasteiger partial charge in [-0.25, -0.2) is 0 Å². The zero-order valence-electron chi connectivity index (χ0n) is 8.04. The number of hydrogen-bond acceptors (Lipinski definition) is 3. The lowest BCUT2D eigenvalue weighted by atomic mass is 10.1. The van der Waals surface area contributed by atoms with Gasteiger partial charge in [-0.2, -0.15) is 0 Å². The van der Waals surface area contributed by atoms with Gasteiger partial charge in [0.25, 0.3) is 0 Å². The number of esters is 1. The molecule has 0 atom stereocenters. The first kappa shape index (κ1) is 10.9. The minimum absolute atomic E-state index is 0.202. The summed E-state index contributed by atoms with van der Waals surface area (Å²) in [5.41, 5.74) is 0.779. The second-order valence-electron chi connectivity index (χ2n) is 2.75. The van der Waals surface area contributed by atoms with Crippen molar-refractivity contribution in [1.29, 1.82) is 0 Å². The van der Waals surface area contributed by atoms with Crippen LogP contribution in [0.15, 0.2) is 18.2 Å². The summed E-state index contributed by atoms with van der Waals surface area (Å²) in [5.74, 6) is 0.339. The largest absolute Gasteiger partial charge is 0.497 e. The summed E-state index contributed by atoms with van der Waals surface area (Å²) in [6.45, 7) is 0. The summed E-state index contributed by atoms with van der Waals surface area (Å²) in [6.07, 6.45) is 0.202. The Hall–Kier alpha value is -1.22. The quantitative estimate of drug-likeness (QED) is 0.723. The summed E-state index contributed by atoms with van der Waals surface area (Å²) >= 11 is 5.82. The average Bonchev–Trinajstić information content (AvgIpc) is 2.16. The van der Waals surface area contributed by atoms with E-state index in [1.807, 2.05) is 0 Å². The minimum Gasteiger partial charge on any atom is -0.497 e. The Morgan fingerprint density at radius 1 is 1.36 bits per heavy atom. The zero-order chi connectivity index (χ0) is 10.6. The lowest BCUT2D eigenvalue weighted by Gasteiger charge is -2.04. The molecule has 0 fully saturated rings. The maximum Gasteiger partial charge on any atom is 0.309 e. The van der Waals surface area contributed by atoms with Crippen molar-refractivity contribution in [2.45, 2.75) is 6.42 Å². The third-order valence-corrected chi connectivity index (χ3v) is 1.96. The van der Waals surface area contributed by atoms with Crippen LogP contribution in [0.2, 0.25) is 5.02 Å². The summed E-state index contributed by atoms with van der Waals surface area (Å²) in [6, 6.07) is 5.14. The van der Waals surface area contributed by atoms with E-state index >= 15 is 0 Å². The van der Waals surface area contributed by atoms with Crippen molar-refractivity contribution >= 4 is 17.6 Å². The third-order valence-electron chi connectivity index (χ3n) is 1.74. The summed E-state index contributed by atoms with van der Waals surface area (Å²) in [4.78, 5) is 11.0. The zero-order valence-corrected chi connectivity index (χ0v) is 8.80. The minimum atomic E-state index is -0.297. The highest BCUT2D eigenvalue weighted by Gasteiger charge is 2.05. The molecular formula is C10H11ClO3. The SMILES string of the molecule is COC(=O)Cc1cc(Cl)cc(OC)c1. The predicted octanol–water partition coefficient (Wildman–Crippen LogP) is 2.06. The molecule has 0 aliphatic heterocycles. The highest BCUT2D eigenvalue weighted by atomic mass is 35.5. The van der Waals surface area contributed by atoms with Crippen LogP contribution >= 0.6 is 11.6 Å². The van der Waals surface area contributed by atoms with E-state index in [0.29, 0.717) is 10.8 Å². The molecule has 0 unspecified atom stereocenters. The number of carbonyl (C=O) groups excluding carboxylic acids is 1. The molecule has 1 aromatic carbocycles. The molecule has 0 aromatic heterocycles. The first-order chi connectivity index (χ1) is 6.65. The lowest BCUT2D eigenvalue weighted by molar-refractivity contribution is -0.139. The van der Waals surface area contributed by atoms with Gasteiger partial charge in [0.15, 0.2) is 0 Å². The van der Waals surface area contributed by atoms with Crippen LogP contribution in [0.4, 0.5) is 0 Å². The number of hydrogen-bond donors (Lipinski definition) is 0. The van der Waals surface area contributed by atoms with E-state index in [0.717, 1.165) is 5.56 Å². The van der Waals surface area contributed by atoms with Crippen LogP contribution in [-0.2, 0) is 16.0 Å². The fourth-order valence-electron chi connectivity index (χ4n) is 1.08. The molecule has 0 saturated heterocycles. The number of halogens is 1. The molecule has 0 spiro atoms. The summed E-state index contributed by atoms with van der Waals surface area (Å²) < 4.78 is 9.56. The number of rotatable bonds is 3. The van der Waals surface area contributed by atoms with Crippen LogP contribution < -0.4 is 4.74 Å². The molecule has 76 valence electrons. The second kappa shape index (κ2) is 4.86. The molecular weight excluding hydrogens is 204 g/mol. The molecule has 1 rings (SSSR count). The Morgan fingerprint density at radius 3 is 2.64 bits per heavy atom. The van der Waals surface area contributed by atoms with Gasteiger partial charge >= 0.3 is 5.97 Å². The molecule has 14 heavy (non-hydrogen) atoms. The van der Waals surface area contributed by atoms with Gasteiger partial charge in [-0.15, -0.1) is 0 Å². The molecule has 0 saturated carbocycles. The van der Waals surface area contributed by atoms with Crippen LogP contribution in [0.25, 0.3) is 0 Å². The molecule has 0 radical (unpaired) electrons. The molecule has 3 nitrogen and oxygen atoms in total. The number of carbonyl (C=O) groups is 1. The third kappa shape index (κ3) is 2.92. The van der Waals surface area contributed by atoms with Crippen molar-refractivity contribution in [3.8, 4) is 5.75 Å². The van der Waals surface area contributed by atoms with Crippen LogP contribution in [0.1, 0.15) is 5.56 Å². The van der Waals surface area contributed by atoms with Crippen LogP contribution in [0.3, 0.4) is 0 Å². The smallest absolute Gasteiger partial charge is 0.309 e. The van der Waals surface area contributed by atoms with Crippen LogP contribution in [0.5, 0.6) is 5.75 Å². The normalized spacial score (nSPS) is 9.64.